The van der Waals surface area contributed by atoms with Crippen LogP contribution in [0.1, 0.15) is 32.3 Å². The highest BCUT2D eigenvalue weighted by molar-refractivity contribution is 9.10. The van der Waals surface area contributed by atoms with Gasteiger partial charge in [-0.1, -0.05) is 0 Å². The van der Waals surface area contributed by atoms with Crippen molar-refractivity contribution in [1.82, 2.24) is 0 Å². The van der Waals surface area contributed by atoms with Crippen LogP contribution in [-0.2, 0) is 0 Å². The maximum Gasteiger partial charge on any atom is 0.122 e. The number of amidine groups is 1. The number of rotatable bonds is 2. The van der Waals surface area contributed by atoms with Crippen molar-refractivity contribution in [2.75, 3.05) is 11.4 Å². The van der Waals surface area contributed by atoms with E-state index in [9.17, 15) is 0 Å². The number of benzene rings is 1. The summed E-state index contributed by atoms with van der Waals surface area (Å²) >= 11 is 3.58. The van der Waals surface area contributed by atoms with E-state index in [0.29, 0.717) is 0 Å². The van der Waals surface area contributed by atoms with Gasteiger partial charge in [0.1, 0.15) is 5.84 Å². The number of nitrogens with zero attached hydrogens (tertiary/aromatic N) is 1. The maximum atomic E-state index is 7.43. The molecule has 0 spiro atoms. The first kappa shape index (κ1) is 12.4. The summed E-state index contributed by atoms with van der Waals surface area (Å²) in [5.41, 5.74) is 7.65. The predicted octanol–water partition coefficient (Wildman–Crippen LogP) is 3.11. The lowest BCUT2D eigenvalue weighted by Gasteiger charge is -2.34. The second-order valence-electron chi connectivity index (χ2n) is 5.15. The minimum atomic E-state index is 0.109. The lowest BCUT2D eigenvalue weighted by molar-refractivity contribution is 0.517. The molecule has 4 heteroatoms. The molecule has 3 N–H and O–H groups in total. The molecule has 1 heterocycles. The summed E-state index contributed by atoms with van der Waals surface area (Å²) in [6.45, 7) is 5.63. The lowest BCUT2D eigenvalue weighted by Crippen LogP contribution is -2.38. The smallest absolute Gasteiger partial charge is 0.122 e. The molecule has 0 aromatic heterocycles. The summed E-state index contributed by atoms with van der Waals surface area (Å²) in [7, 11) is 0. The molecule has 0 saturated carbocycles. The maximum absolute atomic E-state index is 7.43. The first-order valence-corrected chi connectivity index (χ1v) is 6.63. The molecule has 2 rings (SSSR count). The number of hydrogen-bond donors (Lipinski definition) is 2. The Bertz CT molecular complexity index is 454. The molecule has 0 amide bonds. The summed E-state index contributed by atoms with van der Waals surface area (Å²) in [5, 5.41) is 7.43. The Morgan fingerprint density at radius 2 is 2.18 bits per heavy atom. The van der Waals surface area contributed by atoms with Crippen LogP contribution >= 0.6 is 15.9 Å². The van der Waals surface area contributed by atoms with Crippen molar-refractivity contribution in [3.8, 4) is 0 Å². The normalized spacial score (nSPS) is 18.4. The van der Waals surface area contributed by atoms with Gasteiger partial charge < -0.3 is 10.6 Å². The molecule has 1 aromatic carbocycles. The molecular weight excluding hydrogens is 278 g/mol. The topological polar surface area (TPSA) is 53.1 Å². The van der Waals surface area contributed by atoms with Crippen LogP contribution < -0.4 is 10.6 Å². The van der Waals surface area contributed by atoms with Gasteiger partial charge in [-0.15, -0.1) is 0 Å². The highest BCUT2D eigenvalue weighted by Crippen LogP contribution is 2.37. The van der Waals surface area contributed by atoms with Crippen LogP contribution in [0.2, 0.25) is 0 Å². The molecule has 1 aromatic rings. The van der Waals surface area contributed by atoms with E-state index >= 15 is 0 Å². The van der Waals surface area contributed by atoms with Crippen molar-refractivity contribution in [2.24, 2.45) is 5.73 Å². The molecule has 17 heavy (non-hydrogen) atoms. The number of anilines is 1. The molecule has 92 valence electrons. The van der Waals surface area contributed by atoms with E-state index in [4.69, 9.17) is 11.1 Å². The third-order valence-corrected chi connectivity index (χ3v) is 4.09. The summed E-state index contributed by atoms with van der Waals surface area (Å²) in [6.07, 6.45) is 2.45. The van der Waals surface area contributed by atoms with Crippen LogP contribution in [0.25, 0.3) is 0 Å². The van der Waals surface area contributed by atoms with Gasteiger partial charge in [-0.3, -0.25) is 5.41 Å². The molecule has 0 aliphatic carbocycles. The lowest BCUT2D eigenvalue weighted by atomic mass is 10.0. The molecule has 1 fully saturated rings. The standard InChI is InChI=1S/C13H18BrN3/c1-13(2)6-3-7-17(13)11-5-4-9(12(15)16)8-10(11)14/h4-5,8H,3,6-7H2,1-2H3,(H3,15,16). The van der Waals surface area contributed by atoms with Crippen molar-refractivity contribution in [2.45, 2.75) is 32.2 Å². The molecule has 0 unspecified atom stereocenters. The van der Waals surface area contributed by atoms with E-state index in [1.807, 2.05) is 18.2 Å². The van der Waals surface area contributed by atoms with E-state index in [1.165, 1.54) is 18.5 Å². The minimum Gasteiger partial charge on any atom is -0.384 e. The van der Waals surface area contributed by atoms with Crippen molar-refractivity contribution < 1.29 is 0 Å². The average Bonchev–Trinajstić information content (AvgIpc) is 2.58. The molecular formula is C13H18BrN3. The summed E-state index contributed by atoms with van der Waals surface area (Å²) < 4.78 is 1.01. The first-order chi connectivity index (χ1) is 7.92. The van der Waals surface area contributed by atoms with E-state index < -0.39 is 0 Å². The quantitative estimate of drug-likeness (QED) is 0.651. The Hall–Kier alpha value is -1.03. The van der Waals surface area contributed by atoms with Crippen LogP contribution in [0.3, 0.4) is 0 Å². The third-order valence-electron chi connectivity index (χ3n) is 3.45. The van der Waals surface area contributed by atoms with Gasteiger partial charge >= 0.3 is 0 Å². The Morgan fingerprint density at radius 3 is 2.65 bits per heavy atom. The summed E-state index contributed by atoms with van der Waals surface area (Å²) in [4.78, 5) is 2.42. The Morgan fingerprint density at radius 1 is 1.47 bits per heavy atom. The van der Waals surface area contributed by atoms with E-state index in [-0.39, 0.29) is 11.4 Å². The number of halogens is 1. The Labute approximate surface area is 111 Å². The first-order valence-electron chi connectivity index (χ1n) is 5.83. The number of nitrogen functional groups attached to an aromatic ring is 1. The number of nitrogens with two attached hydrogens (primary N) is 1. The second-order valence-corrected chi connectivity index (χ2v) is 6.00. The van der Waals surface area contributed by atoms with Crippen molar-refractivity contribution in [3.63, 3.8) is 0 Å². The minimum absolute atomic E-state index is 0.109. The van der Waals surface area contributed by atoms with Gasteiger partial charge in [0.05, 0.1) is 5.69 Å². The van der Waals surface area contributed by atoms with Gasteiger partial charge in [0, 0.05) is 22.1 Å². The monoisotopic (exact) mass is 295 g/mol. The average molecular weight is 296 g/mol. The van der Waals surface area contributed by atoms with Gasteiger partial charge in [-0.2, -0.15) is 0 Å². The highest BCUT2D eigenvalue weighted by Gasteiger charge is 2.32. The van der Waals surface area contributed by atoms with E-state index in [2.05, 4.69) is 34.7 Å². The molecule has 1 saturated heterocycles. The molecule has 0 atom stereocenters. The fourth-order valence-electron chi connectivity index (χ4n) is 2.45. The van der Waals surface area contributed by atoms with Crippen LogP contribution in [0, 0.1) is 5.41 Å². The second kappa shape index (κ2) is 4.33. The van der Waals surface area contributed by atoms with Crippen molar-refractivity contribution in [1.29, 1.82) is 5.41 Å². The highest BCUT2D eigenvalue weighted by atomic mass is 79.9. The van der Waals surface area contributed by atoms with Crippen LogP contribution in [-0.4, -0.2) is 17.9 Å². The van der Waals surface area contributed by atoms with Crippen LogP contribution in [0.4, 0.5) is 5.69 Å². The zero-order chi connectivity index (χ0) is 12.6. The summed E-state index contributed by atoms with van der Waals surface area (Å²) in [6, 6.07) is 5.89. The Kier molecular flexibility index (Phi) is 3.17. The molecule has 0 radical (unpaired) electrons. The van der Waals surface area contributed by atoms with Gasteiger partial charge in [0.25, 0.3) is 0 Å². The van der Waals surface area contributed by atoms with Gasteiger partial charge in [-0.05, 0) is 60.8 Å². The molecule has 1 aliphatic heterocycles. The van der Waals surface area contributed by atoms with Gasteiger partial charge in [-0.25, -0.2) is 0 Å². The predicted molar refractivity (Wildman–Crippen MR) is 75.8 cm³/mol. The largest absolute Gasteiger partial charge is 0.384 e. The van der Waals surface area contributed by atoms with Gasteiger partial charge in [0.15, 0.2) is 0 Å². The van der Waals surface area contributed by atoms with E-state index in [1.54, 1.807) is 0 Å². The number of hydrogen-bond acceptors (Lipinski definition) is 2. The molecule has 1 aliphatic rings. The van der Waals surface area contributed by atoms with Crippen molar-refractivity contribution in [3.05, 3.63) is 28.2 Å². The van der Waals surface area contributed by atoms with Crippen LogP contribution in [0.15, 0.2) is 22.7 Å². The van der Waals surface area contributed by atoms with Crippen molar-refractivity contribution >= 4 is 27.5 Å². The zero-order valence-corrected chi connectivity index (χ0v) is 11.8. The molecule has 0 bridgehead atoms. The van der Waals surface area contributed by atoms with E-state index in [0.717, 1.165) is 16.6 Å². The molecule has 3 nitrogen and oxygen atoms in total. The fraction of sp³-hybridized carbons (Fsp3) is 0.462. The zero-order valence-electron chi connectivity index (χ0n) is 10.3. The Balaban J connectivity index is 2.37. The van der Waals surface area contributed by atoms with Crippen LogP contribution in [0.5, 0.6) is 0 Å². The number of nitrogens with one attached hydrogen (secondary N) is 1. The summed E-state index contributed by atoms with van der Waals surface area (Å²) in [5.74, 6) is 0.109. The SMILES string of the molecule is CC1(C)CCCN1c1ccc(C(=N)N)cc1Br. The fourth-order valence-corrected chi connectivity index (χ4v) is 3.04. The third kappa shape index (κ3) is 2.32. The van der Waals surface area contributed by atoms with Gasteiger partial charge in [0.2, 0.25) is 0 Å².